The number of rotatable bonds is 5. The molecule has 0 bridgehead atoms. The van der Waals surface area contributed by atoms with Gasteiger partial charge in [-0.1, -0.05) is 15.9 Å². The lowest BCUT2D eigenvalue weighted by atomic mass is 10.1. The summed E-state index contributed by atoms with van der Waals surface area (Å²) in [6.45, 7) is -0.266. The Morgan fingerprint density at radius 3 is 2.52 bits per heavy atom. The Morgan fingerprint density at radius 2 is 1.96 bits per heavy atom. The van der Waals surface area contributed by atoms with Crippen LogP contribution in [0.3, 0.4) is 0 Å². The molecule has 0 spiro atoms. The highest BCUT2D eigenvalue weighted by atomic mass is 79.9. The molecule has 1 saturated heterocycles. The zero-order valence-corrected chi connectivity index (χ0v) is 13.9. The van der Waals surface area contributed by atoms with Crippen molar-refractivity contribution < 1.29 is 28.6 Å². The normalized spacial score (nSPS) is 15.2. The highest BCUT2D eigenvalue weighted by molar-refractivity contribution is 9.10. The van der Waals surface area contributed by atoms with Crippen LogP contribution in [0.2, 0.25) is 0 Å². The summed E-state index contributed by atoms with van der Waals surface area (Å²) in [5, 5.41) is 4.49. The molecule has 1 aliphatic rings. The molecule has 1 aromatic carbocycles. The highest BCUT2D eigenvalue weighted by Gasteiger charge is 2.23. The number of ether oxygens (including phenoxy) is 3. The zero-order chi connectivity index (χ0) is 17.0. The first-order chi connectivity index (χ1) is 10.9. The first kappa shape index (κ1) is 16.8. The van der Waals surface area contributed by atoms with Gasteiger partial charge in [-0.2, -0.15) is 0 Å². The monoisotopic (exact) mass is 384 g/mol. The van der Waals surface area contributed by atoms with Crippen molar-refractivity contribution in [3.8, 4) is 11.5 Å². The molecular weight excluding hydrogens is 372 g/mol. The molecule has 2 rings (SSSR count). The fourth-order valence-electron chi connectivity index (χ4n) is 1.77. The fourth-order valence-corrected chi connectivity index (χ4v) is 2.20. The maximum Gasteiger partial charge on any atom is 0.343 e. The summed E-state index contributed by atoms with van der Waals surface area (Å²) in [6.07, 6.45) is 1.48. The average Bonchev–Trinajstić information content (AvgIpc) is 2.84. The Morgan fingerprint density at radius 1 is 1.22 bits per heavy atom. The van der Waals surface area contributed by atoms with Crippen molar-refractivity contribution in [3.05, 3.63) is 27.9 Å². The van der Waals surface area contributed by atoms with Gasteiger partial charge in [0.15, 0.2) is 18.1 Å². The van der Waals surface area contributed by atoms with Gasteiger partial charge in [0.2, 0.25) is 0 Å². The number of hydrogen-bond acceptors (Lipinski definition) is 6. The van der Waals surface area contributed by atoms with Crippen molar-refractivity contribution in [2.24, 2.45) is 0 Å². The van der Waals surface area contributed by atoms with E-state index in [4.69, 9.17) is 9.47 Å². The quantitative estimate of drug-likeness (QED) is 0.449. The Bertz CT molecular complexity index is 701. The largest absolute Gasteiger partial charge is 0.493 e. The summed E-state index contributed by atoms with van der Waals surface area (Å²) in [4.78, 5) is 33.8. The number of hydrogen-bond donors (Lipinski definition) is 2. The molecule has 2 N–H and O–H groups in total. The average molecular weight is 385 g/mol. The number of carbonyl (C=O) groups excluding carboxylic acids is 3. The smallest absolute Gasteiger partial charge is 0.343 e. The van der Waals surface area contributed by atoms with Crippen molar-refractivity contribution in [2.75, 3.05) is 20.8 Å². The second kappa shape index (κ2) is 7.14. The van der Waals surface area contributed by atoms with E-state index in [0.29, 0.717) is 21.5 Å². The van der Waals surface area contributed by atoms with E-state index < -0.39 is 17.9 Å². The second-order valence-corrected chi connectivity index (χ2v) is 5.21. The molecule has 0 radical (unpaired) electrons. The highest BCUT2D eigenvalue weighted by Crippen LogP contribution is 2.34. The van der Waals surface area contributed by atoms with Crippen LogP contribution < -0.4 is 20.1 Å². The van der Waals surface area contributed by atoms with Crippen molar-refractivity contribution >= 4 is 39.9 Å². The minimum absolute atomic E-state index is 0.112. The SMILES string of the molecule is COC(=O)COc1cc(Br)c(/C=C2/NC(=O)NC2=O)cc1OC. The Balaban J connectivity index is 2.29. The van der Waals surface area contributed by atoms with E-state index in [9.17, 15) is 14.4 Å². The van der Waals surface area contributed by atoms with E-state index in [0.717, 1.165) is 0 Å². The summed E-state index contributed by atoms with van der Waals surface area (Å²) < 4.78 is 15.6. The number of imide groups is 1. The molecule has 8 nitrogen and oxygen atoms in total. The third-order valence-electron chi connectivity index (χ3n) is 2.88. The number of carbonyl (C=O) groups is 3. The predicted octanol–water partition coefficient (Wildman–Crippen LogP) is 1.19. The van der Waals surface area contributed by atoms with E-state index in [1.807, 2.05) is 0 Å². The molecule has 0 aromatic heterocycles. The van der Waals surface area contributed by atoms with Crippen LogP contribution in [-0.2, 0) is 14.3 Å². The fraction of sp³-hybridized carbons (Fsp3) is 0.214. The molecule has 1 heterocycles. The number of esters is 1. The van der Waals surface area contributed by atoms with Crippen LogP contribution in [0.5, 0.6) is 11.5 Å². The minimum atomic E-state index is -0.581. The van der Waals surface area contributed by atoms with Gasteiger partial charge in [-0.15, -0.1) is 0 Å². The summed E-state index contributed by atoms with van der Waals surface area (Å²) in [5.41, 5.74) is 0.695. The van der Waals surface area contributed by atoms with Gasteiger partial charge in [0.25, 0.3) is 5.91 Å². The van der Waals surface area contributed by atoms with Gasteiger partial charge in [-0.05, 0) is 23.8 Å². The van der Waals surface area contributed by atoms with Crippen molar-refractivity contribution in [1.29, 1.82) is 0 Å². The van der Waals surface area contributed by atoms with Crippen molar-refractivity contribution in [2.45, 2.75) is 0 Å². The number of nitrogens with one attached hydrogen (secondary N) is 2. The molecule has 0 unspecified atom stereocenters. The van der Waals surface area contributed by atoms with Gasteiger partial charge in [-0.3, -0.25) is 10.1 Å². The lowest BCUT2D eigenvalue weighted by molar-refractivity contribution is -0.142. The minimum Gasteiger partial charge on any atom is -0.493 e. The standard InChI is InChI=1S/C14H13BrN2O6/c1-21-10-4-7(3-9-13(19)17-14(20)16-9)8(15)5-11(10)23-6-12(18)22-2/h3-5H,6H2,1-2H3,(H2,16,17,19,20)/b9-3+. The number of halogens is 1. The molecule has 9 heteroatoms. The maximum absolute atomic E-state index is 11.5. The Labute approximate surface area is 139 Å². The molecule has 0 atom stereocenters. The molecule has 0 aliphatic carbocycles. The van der Waals surface area contributed by atoms with Gasteiger partial charge >= 0.3 is 12.0 Å². The third kappa shape index (κ3) is 4.01. The van der Waals surface area contributed by atoms with E-state index in [-0.39, 0.29) is 12.3 Å². The maximum atomic E-state index is 11.5. The zero-order valence-electron chi connectivity index (χ0n) is 12.3. The Kier molecular flexibility index (Phi) is 5.22. The van der Waals surface area contributed by atoms with Crippen molar-refractivity contribution in [3.63, 3.8) is 0 Å². The number of amides is 3. The van der Waals surface area contributed by atoms with E-state index in [2.05, 4.69) is 31.3 Å². The van der Waals surface area contributed by atoms with Crippen molar-refractivity contribution in [1.82, 2.24) is 10.6 Å². The molecule has 23 heavy (non-hydrogen) atoms. The van der Waals surface area contributed by atoms with Crippen LogP contribution >= 0.6 is 15.9 Å². The first-order valence-corrected chi connectivity index (χ1v) is 7.15. The van der Waals surface area contributed by atoms with Gasteiger partial charge in [0.1, 0.15) is 5.70 Å². The Hall–Kier alpha value is -2.55. The predicted molar refractivity (Wildman–Crippen MR) is 82.9 cm³/mol. The summed E-state index contributed by atoms with van der Waals surface area (Å²) in [6, 6.07) is 2.60. The van der Waals surface area contributed by atoms with Crippen LogP contribution in [0.1, 0.15) is 5.56 Å². The lowest BCUT2D eigenvalue weighted by Gasteiger charge is -2.12. The summed E-state index contributed by atoms with van der Waals surface area (Å²) >= 11 is 3.34. The number of urea groups is 1. The summed E-state index contributed by atoms with van der Waals surface area (Å²) in [5.74, 6) is -0.368. The number of methoxy groups -OCH3 is 2. The molecular formula is C14H13BrN2O6. The number of benzene rings is 1. The van der Waals surface area contributed by atoms with Gasteiger partial charge in [0.05, 0.1) is 14.2 Å². The molecule has 1 fully saturated rings. The van der Waals surface area contributed by atoms with Gasteiger partial charge < -0.3 is 19.5 Å². The van der Waals surface area contributed by atoms with Crippen LogP contribution in [0.15, 0.2) is 22.3 Å². The van der Waals surface area contributed by atoms with E-state index >= 15 is 0 Å². The second-order valence-electron chi connectivity index (χ2n) is 4.36. The first-order valence-electron chi connectivity index (χ1n) is 6.35. The molecule has 3 amide bonds. The molecule has 0 saturated carbocycles. The summed E-state index contributed by atoms with van der Waals surface area (Å²) in [7, 11) is 2.70. The van der Waals surface area contributed by atoms with Gasteiger partial charge in [-0.25, -0.2) is 9.59 Å². The molecule has 1 aliphatic heterocycles. The van der Waals surface area contributed by atoms with Crippen LogP contribution in [0.4, 0.5) is 4.79 Å². The van der Waals surface area contributed by atoms with E-state index in [1.165, 1.54) is 20.3 Å². The topological polar surface area (TPSA) is 103 Å². The molecule has 1 aromatic rings. The van der Waals surface area contributed by atoms with Crippen LogP contribution in [-0.4, -0.2) is 38.7 Å². The molecule has 122 valence electrons. The lowest BCUT2D eigenvalue weighted by Crippen LogP contribution is -2.22. The van der Waals surface area contributed by atoms with Crippen LogP contribution in [0, 0.1) is 0 Å². The third-order valence-corrected chi connectivity index (χ3v) is 3.56. The van der Waals surface area contributed by atoms with Crippen LogP contribution in [0.25, 0.3) is 6.08 Å². The van der Waals surface area contributed by atoms with Gasteiger partial charge in [0, 0.05) is 4.47 Å². The van der Waals surface area contributed by atoms with E-state index in [1.54, 1.807) is 12.1 Å².